The minimum atomic E-state index is 0.342. The molecule has 68 valence electrons. The van der Waals surface area contributed by atoms with E-state index in [0.29, 0.717) is 6.04 Å². The molecule has 0 unspecified atom stereocenters. The number of halogens is 1. The molecule has 0 aliphatic rings. The molecule has 0 spiro atoms. The number of aromatic nitrogens is 4. The van der Waals surface area contributed by atoms with Gasteiger partial charge in [-0.05, 0) is 29.8 Å². The van der Waals surface area contributed by atoms with Crippen LogP contribution in [0.15, 0.2) is 17.3 Å². The van der Waals surface area contributed by atoms with Crippen molar-refractivity contribution in [3.05, 3.63) is 17.3 Å². The van der Waals surface area contributed by atoms with Crippen molar-refractivity contribution in [1.82, 2.24) is 19.5 Å². The molecule has 0 saturated carbocycles. The Bertz CT molecular complexity index is 435. The Hall–Kier alpha value is -0.970. The summed E-state index contributed by atoms with van der Waals surface area (Å²) in [5.74, 6) is 0. The first-order chi connectivity index (χ1) is 6.20. The van der Waals surface area contributed by atoms with Gasteiger partial charge in [-0.3, -0.25) is 0 Å². The normalized spacial score (nSPS) is 11.4. The Balaban J connectivity index is 2.78. The minimum Gasteiger partial charge on any atom is -0.301 e. The van der Waals surface area contributed by atoms with Gasteiger partial charge in [0.2, 0.25) is 0 Å². The summed E-state index contributed by atoms with van der Waals surface area (Å²) < 4.78 is 2.83. The maximum absolute atomic E-state index is 4.29. The average molecular weight is 241 g/mol. The van der Waals surface area contributed by atoms with Crippen LogP contribution in [0.5, 0.6) is 0 Å². The molecular weight excluding hydrogens is 232 g/mol. The maximum atomic E-state index is 4.29. The number of fused-ring (bicyclic) bond motifs is 1. The van der Waals surface area contributed by atoms with E-state index >= 15 is 0 Å². The Labute approximate surface area is 84.2 Å². The van der Waals surface area contributed by atoms with E-state index in [2.05, 4.69) is 44.7 Å². The van der Waals surface area contributed by atoms with E-state index in [0.717, 1.165) is 15.9 Å². The molecule has 0 aromatic carbocycles. The van der Waals surface area contributed by atoms with Crippen LogP contribution in [0.2, 0.25) is 0 Å². The van der Waals surface area contributed by atoms with Crippen molar-refractivity contribution >= 4 is 27.1 Å². The van der Waals surface area contributed by atoms with Crippen molar-refractivity contribution in [2.45, 2.75) is 19.9 Å². The molecule has 0 aliphatic heterocycles. The van der Waals surface area contributed by atoms with E-state index in [1.54, 1.807) is 6.20 Å². The smallest absolute Gasteiger partial charge is 0.179 e. The van der Waals surface area contributed by atoms with Crippen LogP contribution < -0.4 is 0 Å². The number of hydrogen-bond acceptors (Lipinski definition) is 3. The van der Waals surface area contributed by atoms with Gasteiger partial charge in [0, 0.05) is 6.04 Å². The Kier molecular flexibility index (Phi) is 2.03. The summed E-state index contributed by atoms with van der Waals surface area (Å²) in [5, 5.41) is 0. The third kappa shape index (κ3) is 1.33. The van der Waals surface area contributed by atoms with Gasteiger partial charge in [0.25, 0.3) is 0 Å². The lowest BCUT2D eigenvalue weighted by Crippen LogP contribution is -2.01. The number of rotatable bonds is 1. The maximum Gasteiger partial charge on any atom is 0.179 e. The molecule has 0 N–H and O–H groups in total. The molecule has 0 fully saturated rings. The highest BCUT2D eigenvalue weighted by Crippen LogP contribution is 2.21. The van der Waals surface area contributed by atoms with Gasteiger partial charge in [-0.15, -0.1) is 0 Å². The van der Waals surface area contributed by atoms with Crippen molar-refractivity contribution in [1.29, 1.82) is 0 Å². The third-order valence-corrected chi connectivity index (χ3v) is 2.39. The van der Waals surface area contributed by atoms with Gasteiger partial charge in [-0.2, -0.15) is 0 Å². The molecule has 0 saturated heterocycles. The molecule has 2 aromatic rings. The van der Waals surface area contributed by atoms with Gasteiger partial charge >= 0.3 is 0 Å². The highest BCUT2D eigenvalue weighted by molar-refractivity contribution is 9.10. The first-order valence-electron chi connectivity index (χ1n) is 4.03. The number of imidazole rings is 1. The summed E-state index contributed by atoms with van der Waals surface area (Å²) in [6.45, 7) is 4.18. The van der Waals surface area contributed by atoms with Crippen LogP contribution in [0.4, 0.5) is 0 Å². The molecule has 2 rings (SSSR count). The van der Waals surface area contributed by atoms with Gasteiger partial charge in [-0.25, -0.2) is 15.0 Å². The van der Waals surface area contributed by atoms with Crippen molar-refractivity contribution in [3.8, 4) is 0 Å². The summed E-state index contributed by atoms with van der Waals surface area (Å²) in [6, 6.07) is 0.342. The largest absolute Gasteiger partial charge is 0.301 e. The Morgan fingerprint density at radius 3 is 2.92 bits per heavy atom. The molecule has 13 heavy (non-hydrogen) atoms. The summed E-state index contributed by atoms with van der Waals surface area (Å²) >= 11 is 3.39. The predicted molar refractivity (Wildman–Crippen MR) is 53.4 cm³/mol. The van der Waals surface area contributed by atoms with Gasteiger partial charge in [0.15, 0.2) is 10.4 Å². The molecule has 0 bridgehead atoms. The molecule has 2 aromatic heterocycles. The lowest BCUT2D eigenvalue weighted by molar-refractivity contribution is 0.600. The Morgan fingerprint density at radius 2 is 2.23 bits per heavy atom. The quantitative estimate of drug-likeness (QED) is 0.718. The van der Waals surface area contributed by atoms with Crippen LogP contribution in [-0.2, 0) is 0 Å². The second-order valence-electron chi connectivity index (χ2n) is 3.08. The fourth-order valence-electron chi connectivity index (χ4n) is 1.28. The first kappa shape index (κ1) is 8.62. The van der Waals surface area contributed by atoms with E-state index < -0.39 is 0 Å². The van der Waals surface area contributed by atoms with E-state index in [1.807, 2.05) is 4.57 Å². The van der Waals surface area contributed by atoms with Crippen LogP contribution in [0.3, 0.4) is 0 Å². The second-order valence-corrected chi connectivity index (χ2v) is 3.79. The van der Waals surface area contributed by atoms with E-state index in [9.17, 15) is 0 Å². The summed E-state index contributed by atoms with van der Waals surface area (Å²) in [5.41, 5.74) is 1.69. The topological polar surface area (TPSA) is 43.6 Å². The predicted octanol–water partition coefficient (Wildman–Crippen LogP) is 2.17. The summed E-state index contributed by atoms with van der Waals surface area (Å²) in [4.78, 5) is 12.4. The van der Waals surface area contributed by atoms with Gasteiger partial charge in [0.1, 0.15) is 11.8 Å². The van der Waals surface area contributed by atoms with Crippen LogP contribution in [0.1, 0.15) is 19.9 Å². The van der Waals surface area contributed by atoms with Gasteiger partial charge in [0.05, 0.1) is 6.20 Å². The Morgan fingerprint density at radius 1 is 1.46 bits per heavy atom. The molecule has 2 heterocycles. The molecule has 0 atom stereocenters. The van der Waals surface area contributed by atoms with Crippen molar-refractivity contribution in [3.63, 3.8) is 0 Å². The molecule has 4 nitrogen and oxygen atoms in total. The second kappa shape index (κ2) is 3.06. The van der Waals surface area contributed by atoms with Crippen molar-refractivity contribution in [2.75, 3.05) is 0 Å². The zero-order chi connectivity index (χ0) is 9.42. The van der Waals surface area contributed by atoms with E-state index in [1.165, 1.54) is 6.33 Å². The van der Waals surface area contributed by atoms with Crippen molar-refractivity contribution in [2.24, 2.45) is 0 Å². The fraction of sp³-hybridized carbons (Fsp3) is 0.375. The van der Waals surface area contributed by atoms with Crippen LogP contribution in [-0.4, -0.2) is 19.5 Å². The lowest BCUT2D eigenvalue weighted by Gasteiger charge is -2.07. The zero-order valence-electron chi connectivity index (χ0n) is 7.40. The molecule has 0 aliphatic carbocycles. The molecule has 5 heteroatoms. The monoisotopic (exact) mass is 240 g/mol. The fourth-order valence-corrected chi connectivity index (χ4v) is 2.05. The van der Waals surface area contributed by atoms with Crippen LogP contribution >= 0.6 is 15.9 Å². The first-order valence-corrected chi connectivity index (χ1v) is 4.83. The standard InChI is InChI=1S/C8H9BrN4/c1-5(2)13-7-6(12-8(13)9)3-10-4-11-7/h3-5H,1-2H3. The van der Waals surface area contributed by atoms with E-state index in [-0.39, 0.29) is 0 Å². The van der Waals surface area contributed by atoms with Crippen LogP contribution in [0.25, 0.3) is 11.2 Å². The average Bonchev–Trinajstić information content (AvgIpc) is 2.39. The lowest BCUT2D eigenvalue weighted by atomic mass is 10.4. The third-order valence-electron chi connectivity index (χ3n) is 1.83. The summed E-state index contributed by atoms with van der Waals surface area (Å²) in [7, 11) is 0. The zero-order valence-corrected chi connectivity index (χ0v) is 8.98. The molecule has 0 radical (unpaired) electrons. The SMILES string of the molecule is CC(C)n1c(Br)nc2cncnc21. The van der Waals surface area contributed by atoms with E-state index in [4.69, 9.17) is 0 Å². The highest BCUT2D eigenvalue weighted by atomic mass is 79.9. The molecular formula is C8H9BrN4. The molecule has 0 amide bonds. The van der Waals surface area contributed by atoms with Gasteiger partial charge in [-0.1, -0.05) is 0 Å². The number of nitrogens with zero attached hydrogens (tertiary/aromatic N) is 4. The van der Waals surface area contributed by atoms with Crippen LogP contribution in [0, 0.1) is 0 Å². The highest BCUT2D eigenvalue weighted by Gasteiger charge is 2.11. The number of hydrogen-bond donors (Lipinski definition) is 0. The summed E-state index contributed by atoms with van der Waals surface area (Å²) in [6.07, 6.45) is 3.25. The minimum absolute atomic E-state index is 0.342. The van der Waals surface area contributed by atoms with Crippen molar-refractivity contribution < 1.29 is 0 Å². The van der Waals surface area contributed by atoms with Gasteiger partial charge < -0.3 is 4.57 Å².